The van der Waals surface area contributed by atoms with Gasteiger partial charge in [-0.05, 0) is 184 Å². The van der Waals surface area contributed by atoms with Crippen molar-refractivity contribution in [1.29, 1.82) is 0 Å². The molecule has 0 saturated heterocycles. The van der Waals surface area contributed by atoms with Crippen LogP contribution in [0.4, 0.5) is 0 Å². The Morgan fingerprint density at radius 2 is 0.438 bits per heavy atom. The second kappa shape index (κ2) is 44.6. The third-order valence-corrected chi connectivity index (χ3v) is 74.2. The first-order valence-corrected chi connectivity index (χ1v) is 58.1. The predicted octanol–water partition coefficient (Wildman–Crippen LogP) is 19.6. The molecule has 0 aliphatic heterocycles. The van der Waals surface area contributed by atoms with Crippen molar-refractivity contribution in [2.45, 2.75) is 205 Å². The first kappa shape index (κ1) is 84.0. The highest BCUT2D eigenvalue weighted by molar-refractivity contribution is 9.44. The molecule has 0 aromatic carbocycles. The maximum atomic E-state index is 6.58. The number of rotatable bonds is 48. The molecule has 12 nitrogen and oxygen atoms in total. The van der Waals surface area contributed by atoms with Gasteiger partial charge in [-0.15, -0.1) is 126 Å². The fourth-order valence-corrected chi connectivity index (χ4v) is 75.2. The van der Waals surface area contributed by atoms with Crippen LogP contribution in [0.5, 0.6) is 0 Å². The third kappa shape index (κ3) is 23.2. The van der Waals surface area contributed by atoms with E-state index in [9.17, 15) is 0 Å². The highest BCUT2D eigenvalue weighted by atomic mass is 33.8. The molecule has 32 heteroatoms. The molecule has 1 saturated carbocycles. The molecule has 0 radical (unpaired) electrons. The maximum Gasteiger partial charge on any atom is 0.500 e. The molecule has 0 aromatic heterocycles. The Labute approximate surface area is 554 Å². The predicted molar refractivity (Wildman–Crippen MR) is 404 cm³/mol. The maximum absolute atomic E-state index is 6.58. The zero-order valence-corrected chi connectivity index (χ0v) is 68.5. The van der Waals surface area contributed by atoms with E-state index in [0.717, 1.165) is 77.0 Å². The number of thiol groups is 8. The zero-order valence-electron chi connectivity index (χ0n) is 50.8. The van der Waals surface area contributed by atoms with Gasteiger partial charge >= 0.3 is 35.2 Å². The van der Waals surface area contributed by atoms with Crippen molar-refractivity contribution in [3.8, 4) is 0 Å². The zero-order chi connectivity index (χ0) is 60.4. The van der Waals surface area contributed by atoms with Crippen molar-refractivity contribution in [1.82, 2.24) is 0 Å². The average Bonchev–Trinajstić information content (AvgIpc) is 3.41. The highest BCUT2D eigenvalue weighted by Gasteiger charge is 2.75. The van der Waals surface area contributed by atoms with Crippen LogP contribution in [0.15, 0.2) is 0 Å². The fraction of sp³-hybridized carbons (Fsp3) is 1.00. The summed E-state index contributed by atoms with van der Waals surface area (Å²) in [5.74, 6) is 2.83. The van der Waals surface area contributed by atoms with Gasteiger partial charge in [0.2, 0.25) is 0 Å². The monoisotopic (exact) mass is 1500 g/mol. The smallest absolute Gasteiger partial charge is 0.374 e. The van der Waals surface area contributed by atoms with Crippen LogP contribution in [0, 0.1) is 0 Å². The van der Waals surface area contributed by atoms with Gasteiger partial charge in [-0.2, -0.15) is 0 Å². The molecule has 0 bridgehead atoms. The van der Waals surface area contributed by atoms with E-state index in [4.69, 9.17) is 146 Å². The van der Waals surface area contributed by atoms with E-state index in [-0.39, 0.29) is 0 Å². The van der Waals surface area contributed by atoms with Crippen LogP contribution in [0.3, 0.4) is 0 Å². The summed E-state index contributed by atoms with van der Waals surface area (Å²) in [4.78, 5) is 0. The first-order chi connectivity index (χ1) is 38.3. The lowest BCUT2D eigenvalue weighted by Gasteiger charge is -2.76. The van der Waals surface area contributed by atoms with Gasteiger partial charge in [0.15, 0.2) is 0 Å². The highest BCUT2D eigenvalue weighted by Crippen LogP contribution is 3.05. The topological polar surface area (TPSA) is 111 Å². The molecule has 488 valence electrons. The van der Waals surface area contributed by atoms with Crippen molar-refractivity contribution in [3.63, 3.8) is 0 Å². The molecular formula is C48H112O12S16Si4. The van der Waals surface area contributed by atoms with Crippen LogP contribution >= 0.6 is 165 Å². The molecule has 4 unspecified atom stereocenters. The fourth-order valence-electron chi connectivity index (χ4n) is 11.2. The minimum Gasteiger partial charge on any atom is -0.374 e. The Kier molecular flexibility index (Phi) is 46.8. The van der Waals surface area contributed by atoms with Gasteiger partial charge in [-0.1, -0.05) is 51.4 Å². The Morgan fingerprint density at radius 3 is 0.575 bits per heavy atom. The lowest BCUT2D eigenvalue weighted by Crippen LogP contribution is -2.60. The Hall–Kier alpha value is 5.99. The molecule has 80 heavy (non-hydrogen) atoms. The Bertz CT molecular complexity index is 1330. The van der Waals surface area contributed by atoms with Gasteiger partial charge in [-0.3, -0.25) is 0 Å². The van der Waals surface area contributed by atoms with Crippen LogP contribution in [0.2, 0.25) is 24.2 Å². The van der Waals surface area contributed by atoms with E-state index < -0.39 is 75.7 Å². The summed E-state index contributed by atoms with van der Waals surface area (Å²) in [5, 5.41) is 0. The van der Waals surface area contributed by atoms with Gasteiger partial charge in [0.05, 0.1) is 8.16 Å². The quantitative estimate of drug-likeness (QED) is 0.0168. The molecule has 0 N–H and O–H groups in total. The van der Waals surface area contributed by atoms with Crippen LogP contribution in [-0.4, -0.2) is 146 Å². The minimum absolute atomic E-state index is 0.491. The number of hydrogen-bond acceptors (Lipinski definition) is 24. The lowest BCUT2D eigenvalue weighted by atomic mass is 9.99. The Balaban J connectivity index is 5.13. The van der Waals surface area contributed by atoms with E-state index in [1.54, 1.807) is 39.3 Å². The van der Waals surface area contributed by atoms with E-state index >= 15 is 0 Å². The molecule has 0 aromatic rings. The van der Waals surface area contributed by atoms with Gasteiger partial charge in [0.25, 0.3) is 0 Å². The summed E-state index contributed by atoms with van der Waals surface area (Å²) in [6.45, 7) is 30.2. The molecule has 1 fully saturated rings. The second-order valence-corrected chi connectivity index (χ2v) is 64.9. The van der Waals surface area contributed by atoms with Gasteiger partial charge < -0.3 is 53.1 Å². The van der Waals surface area contributed by atoms with Gasteiger partial charge in [0, 0.05) is 103 Å². The standard InChI is InChI=1S/C48H112O12S16Si4/c1-13-49-77(50-14-2,51-15-3)43-33-39-73(65,69-61)47(74(66,70-62)40-34-44-78(52-16-4,53-17-5)54-18-6)37-31-29-27-25-26-28-30-32-38-48(47,75(67,71-63)41-35-45-79(55-19-7,56-20-8)57-21-9)76(68,72-64)42-36-46-80(58-22-10,59-23-11)60-24-12/h61-68H,13-46H2,1-12H3. The van der Waals surface area contributed by atoms with E-state index in [2.05, 4.69) is 0 Å². The van der Waals surface area contributed by atoms with Crippen molar-refractivity contribution in [2.75, 3.05) is 102 Å². The molecule has 0 spiro atoms. The second-order valence-electron chi connectivity index (χ2n) is 18.9. The summed E-state index contributed by atoms with van der Waals surface area (Å²) >= 11 is 48.1. The summed E-state index contributed by atoms with van der Waals surface area (Å²) in [7, 11) is -15.4. The normalized spacial score (nSPS) is 23.4. The van der Waals surface area contributed by atoms with E-state index in [0.29, 0.717) is 126 Å². The SMILES string of the molecule is CCO[Si](CCCS(S)(SS)C1(S(S)(CCC[Si](OCC)(OCC)OCC)SS)CCCCCCCCCCC1(S(S)(CCC[Si](OCC)(OCC)OCC)SS)S(S)(CCC[Si](OCC)(OCC)OCC)SS)(OCC)OCC. The molecular weight excluding hydrogens is 1390 g/mol. The Morgan fingerprint density at radius 1 is 0.287 bits per heavy atom. The molecule has 0 heterocycles. The van der Waals surface area contributed by atoms with Crippen LogP contribution in [0.1, 0.15) is 173 Å². The first-order valence-electron chi connectivity index (χ1n) is 29.4. The van der Waals surface area contributed by atoms with Gasteiger partial charge in [0.1, 0.15) is 0 Å². The summed E-state index contributed by atoms with van der Waals surface area (Å²) in [5.41, 5.74) is 0. The lowest BCUT2D eigenvalue weighted by molar-refractivity contribution is 0.0704. The van der Waals surface area contributed by atoms with Gasteiger partial charge in [-0.25, -0.2) is 0 Å². The van der Waals surface area contributed by atoms with Crippen molar-refractivity contribution >= 4 is 200 Å². The average molecular weight is 1510 g/mol. The van der Waals surface area contributed by atoms with E-state index in [1.165, 1.54) is 12.8 Å². The third-order valence-electron chi connectivity index (χ3n) is 13.9. The van der Waals surface area contributed by atoms with Crippen LogP contribution in [0.25, 0.3) is 0 Å². The molecule has 1 rings (SSSR count). The summed E-state index contributed by atoms with van der Waals surface area (Å²) in [6.07, 6.45) is 13.2. The molecule has 4 atom stereocenters. The van der Waals surface area contributed by atoms with Crippen molar-refractivity contribution in [2.24, 2.45) is 0 Å². The minimum atomic E-state index is -3.12. The van der Waals surface area contributed by atoms with Crippen molar-refractivity contribution in [3.05, 3.63) is 0 Å². The summed E-state index contributed by atoms with van der Waals surface area (Å²) < 4.78 is 77.5. The largest absolute Gasteiger partial charge is 0.500 e. The molecule has 1 aliphatic rings. The van der Waals surface area contributed by atoms with Crippen LogP contribution in [-0.2, 0) is 53.1 Å². The van der Waals surface area contributed by atoms with Crippen LogP contribution < -0.4 is 0 Å². The van der Waals surface area contributed by atoms with E-state index in [1.807, 2.05) is 83.1 Å². The van der Waals surface area contributed by atoms with Crippen molar-refractivity contribution < 1.29 is 53.1 Å². The molecule has 1 aliphatic carbocycles. The molecule has 0 amide bonds. The summed E-state index contributed by atoms with van der Waals surface area (Å²) in [6, 6.07) is 2.51. The number of hydrogen-bond donors (Lipinski definition) is 8.